The third-order valence-corrected chi connectivity index (χ3v) is 5.50. The maximum Gasteiger partial charge on any atom is 0.329 e. The van der Waals surface area contributed by atoms with Gasteiger partial charge in [-0.3, -0.25) is 9.78 Å². The van der Waals surface area contributed by atoms with Gasteiger partial charge in [0.1, 0.15) is 5.54 Å². The van der Waals surface area contributed by atoms with Crippen molar-refractivity contribution in [1.82, 2.24) is 10.3 Å². The number of amides is 3. The fourth-order valence-electron chi connectivity index (χ4n) is 4.01. The number of nitrogens with zero attached hydrogens (tertiary/aromatic N) is 2. The van der Waals surface area contributed by atoms with Gasteiger partial charge in [0.05, 0.1) is 11.9 Å². The van der Waals surface area contributed by atoms with Crippen molar-refractivity contribution < 1.29 is 9.59 Å². The fraction of sp³-hybridized carbons (Fsp3) is 0.421. The lowest BCUT2D eigenvalue weighted by Gasteiger charge is -2.44. The molecule has 124 valence electrons. The van der Waals surface area contributed by atoms with E-state index in [-0.39, 0.29) is 17.9 Å². The van der Waals surface area contributed by atoms with Crippen LogP contribution in [-0.2, 0) is 4.79 Å². The molecule has 2 heterocycles. The molecule has 2 fully saturated rings. The van der Waals surface area contributed by atoms with Crippen LogP contribution >= 0.6 is 0 Å². The van der Waals surface area contributed by atoms with Crippen LogP contribution in [-0.4, -0.2) is 22.5 Å². The highest BCUT2D eigenvalue weighted by Crippen LogP contribution is 2.47. The third-order valence-electron chi connectivity index (χ3n) is 5.50. The Labute approximate surface area is 141 Å². The quantitative estimate of drug-likeness (QED) is 0.874. The summed E-state index contributed by atoms with van der Waals surface area (Å²) in [7, 11) is 0. The topological polar surface area (TPSA) is 62.3 Å². The van der Waals surface area contributed by atoms with E-state index in [1.54, 1.807) is 12.4 Å². The van der Waals surface area contributed by atoms with Crippen LogP contribution in [0.5, 0.6) is 0 Å². The Morgan fingerprint density at radius 2 is 2.12 bits per heavy atom. The Hall–Kier alpha value is -2.43. The molecule has 0 bridgehead atoms. The number of carbonyl (C=O) groups excluding carboxylic acids is 2. The van der Waals surface area contributed by atoms with E-state index in [1.807, 2.05) is 24.3 Å². The maximum atomic E-state index is 13.2. The van der Waals surface area contributed by atoms with Gasteiger partial charge in [-0.05, 0) is 25.2 Å². The first-order chi connectivity index (χ1) is 11.7. The first-order valence-electron chi connectivity index (χ1n) is 8.67. The first kappa shape index (κ1) is 15.1. The van der Waals surface area contributed by atoms with Crippen molar-refractivity contribution in [3.8, 4) is 0 Å². The number of hydrogen-bond donors (Lipinski definition) is 1. The largest absolute Gasteiger partial charge is 0.329 e. The van der Waals surface area contributed by atoms with Gasteiger partial charge in [0.15, 0.2) is 0 Å². The highest BCUT2D eigenvalue weighted by atomic mass is 16.2. The Bertz CT molecular complexity index is 814. The van der Waals surface area contributed by atoms with Crippen LogP contribution in [0.2, 0.25) is 0 Å². The average molecular weight is 323 g/mol. The molecule has 24 heavy (non-hydrogen) atoms. The van der Waals surface area contributed by atoms with Crippen LogP contribution in [0.4, 0.5) is 10.5 Å². The predicted molar refractivity (Wildman–Crippen MR) is 92.7 cm³/mol. The summed E-state index contributed by atoms with van der Waals surface area (Å²) in [4.78, 5) is 31.3. The van der Waals surface area contributed by atoms with E-state index in [4.69, 9.17) is 0 Å². The highest BCUT2D eigenvalue weighted by Gasteiger charge is 2.60. The van der Waals surface area contributed by atoms with E-state index in [0.717, 1.165) is 42.9 Å². The van der Waals surface area contributed by atoms with Gasteiger partial charge in [-0.15, -0.1) is 0 Å². The molecule has 2 atom stereocenters. The van der Waals surface area contributed by atoms with Gasteiger partial charge in [0.25, 0.3) is 5.91 Å². The van der Waals surface area contributed by atoms with Gasteiger partial charge in [-0.2, -0.15) is 0 Å². The number of fused-ring (bicyclic) bond motifs is 1. The Balaban J connectivity index is 1.72. The lowest BCUT2D eigenvalue weighted by Crippen LogP contribution is -2.60. The summed E-state index contributed by atoms with van der Waals surface area (Å²) in [6.45, 7) is 2.15. The van der Waals surface area contributed by atoms with Crippen LogP contribution in [0, 0.1) is 5.92 Å². The Morgan fingerprint density at radius 3 is 2.88 bits per heavy atom. The maximum absolute atomic E-state index is 13.2. The first-order valence-corrected chi connectivity index (χ1v) is 8.67. The summed E-state index contributed by atoms with van der Waals surface area (Å²) in [6.07, 6.45) is 8.29. The fourth-order valence-corrected chi connectivity index (χ4v) is 4.01. The third kappa shape index (κ3) is 2.04. The van der Waals surface area contributed by atoms with E-state index in [2.05, 4.69) is 17.2 Å². The molecule has 1 aliphatic carbocycles. The van der Waals surface area contributed by atoms with Gasteiger partial charge >= 0.3 is 6.03 Å². The monoisotopic (exact) mass is 323 g/mol. The summed E-state index contributed by atoms with van der Waals surface area (Å²) in [6, 6.07) is 7.38. The summed E-state index contributed by atoms with van der Waals surface area (Å²) in [5.74, 6) is 0.139. The molecular weight excluding hydrogens is 302 g/mol. The van der Waals surface area contributed by atoms with Crippen molar-refractivity contribution in [1.29, 1.82) is 0 Å². The van der Waals surface area contributed by atoms with Crippen molar-refractivity contribution >= 4 is 28.4 Å². The molecule has 0 radical (unpaired) electrons. The van der Waals surface area contributed by atoms with Gasteiger partial charge in [0, 0.05) is 17.0 Å². The van der Waals surface area contributed by atoms with Crippen molar-refractivity contribution in [2.75, 3.05) is 4.90 Å². The lowest BCUT2D eigenvalue weighted by molar-refractivity contribution is -0.128. The molecule has 2 unspecified atom stereocenters. The number of carbonyl (C=O) groups is 2. The second-order valence-electron chi connectivity index (χ2n) is 6.80. The van der Waals surface area contributed by atoms with E-state index in [9.17, 15) is 9.59 Å². The molecule has 1 spiro atoms. The second kappa shape index (κ2) is 5.58. The second-order valence-corrected chi connectivity index (χ2v) is 6.80. The Morgan fingerprint density at radius 1 is 1.29 bits per heavy atom. The molecule has 1 saturated heterocycles. The van der Waals surface area contributed by atoms with Crippen molar-refractivity contribution in [3.63, 3.8) is 0 Å². The predicted octanol–water partition coefficient (Wildman–Crippen LogP) is 3.63. The molecule has 1 saturated carbocycles. The number of pyridine rings is 1. The molecule has 1 aromatic heterocycles. The lowest BCUT2D eigenvalue weighted by atomic mass is 9.64. The number of hydrogen-bond acceptors (Lipinski definition) is 3. The molecule has 3 amide bonds. The zero-order chi connectivity index (χ0) is 16.7. The zero-order valence-corrected chi connectivity index (χ0v) is 13.8. The number of urea groups is 1. The molecule has 1 aliphatic heterocycles. The number of imide groups is 1. The zero-order valence-electron chi connectivity index (χ0n) is 13.8. The van der Waals surface area contributed by atoms with Gasteiger partial charge < -0.3 is 5.32 Å². The van der Waals surface area contributed by atoms with Gasteiger partial charge in [-0.1, -0.05) is 44.0 Å². The van der Waals surface area contributed by atoms with E-state index in [1.165, 1.54) is 4.90 Å². The van der Waals surface area contributed by atoms with Gasteiger partial charge in [0.2, 0.25) is 0 Å². The number of nitrogens with one attached hydrogen (secondary N) is 1. The van der Waals surface area contributed by atoms with Crippen molar-refractivity contribution in [2.45, 2.75) is 44.6 Å². The minimum atomic E-state index is -0.691. The molecule has 2 aromatic rings. The molecule has 5 nitrogen and oxygen atoms in total. The van der Waals surface area contributed by atoms with E-state index < -0.39 is 5.54 Å². The van der Waals surface area contributed by atoms with Crippen LogP contribution in [0.15, 0.2) is 36.7 Å². The minimum Gasteiger partial charge on any atom is -0.322 e. The number of unbranched alkanes of at least 4 members (excludes halogenated alkanes) is 1. The molecule has 2 aliphatic rings. The van der Waals surface area contributed by atoms with Crippen LogP contribution < -0.4 is 10.2 Å². The van der Waals surface area contributed by atoms with Crippen LogP contribution in [0.25, 0.3) is 10.8 Å². The number of anilines is 1. The standard InChI is InChI=1S/C19H21N3O2/c1-2-3-7-14-9-10-19(14)17(23)22(18(24)21-19)16-12-20-11-13-6-4-5-8-15(13)16/h4-6,8,11-12,14H,2-3,7,9-10H2,1H3,(H,21,24). The number of rotatable bonds is 4. The number of benzene rings is 1. The van der Waals surface area contributed by atoms with E-state index in [0.29, 0.717) is 5.69 Å². The molecule has 1 aromatic carbocycles. The van der Waals surface area contributed by atoms with Crippen LogP contribution in [0.3, 0.4) is 0 Å². The summed E-state index contributed by atoms with van der Waals surface area (Å²) >= 11 is 0. The molecule has 5 heteroatoms. The SMILES string of the molecule is CCCCC1CCC12NC(=O)N(c1cncc3ccccc13)C2=O. The van der Waals surface area contributed by atoms with Crippen molar-refractivity contribution in [2.24, 2.45) is 5.92 Å². The smallest absolute Gasteiger partial charge is 0.322 e. The van der Waals surface area contributed by atoms with Gasteiger partial charge in [-0.25, -0.2) is 9.69 Å². The average Bonchev–Trinajstić information content (AvgIpc) is 2.86. The normalized spacial score (nSPS) is 26.0. The Kier molecular flexibility index (Phi) is 3.52. The van der Waals surface area contributed by atoms with E-state index >= 15 is 0 Å². The summed E-state index contributed by atoms with van der Waals surface area (Å²) in [5.41, 5.74) is -0.114. The summed E-state index contributed by atoms with van der Waals surface area (Å²) in [5, 5.41) is 4.79. The van der Waals surface area contributed by atoms with Crippen molar-refractivity contribution in [3.05, 3.63) is 36.7 Å². The summed E-state index contributed by atoms with van der Waals surface area (Å²) < 4.78 is 0. The minimum absolute atomic E-state index is 0.113. The molecular formula is C19H21N3O2. The molecule has 1 N–H and O–H groups in total. The molecule has 4 rings (SSSR count). The number of aromatic nitrogens is 1. The van der Waals surface area contributed by atoms with Crippen LogP contribution in [0.1, 0.15) is 39.0 Å². The highest BCUT2D eigenvalue weighted by molar-refractivity contribution is 6.26.